The number of halogens is 1. The van der Waals surface area contributed by atoms with Gasteiger partial charge in [-0.25, -0.2) is 4.39 Å². The first kappa shape index (κ1) is 8.59. The number of nitrogens with two attached hydrogens (primary N) is 1. The highest BCUT2D eigenvalue weighted by molar-refractivity contribution is 5.53. The summed E-state index contributed by atoms with van der Waals surface area (Å²) in [6.45, 7) is 1.88. The molecule has 2 nitrogen and oxygen atoms in total. The van der Waals surface area contributed by atoms with Crippen molar-refractivity contribution < 1.29 is 4.39 Å². The van der Waals surface area contributed by atoms with Crippen LogP contribution in [0.3, 0.4) is 0 Å². The Labute approximate surface area is 70.9 Å². The minimum atomic E-state index is -0.399. The zero-order valence-corrected chi connectivity index (χ0v) is 6.84. The maximum atomic E-state index is 12.8. The lowest BCUT2D eigenvalue weighted by Crippen LogP contribution is -1.92. The van der Waals surface area contributed by atoms with E-state index in [0.717, 1.165) is 0 Å². The van der Waals surface area contributed by atoms with Gasteiger partial charge in [0, 0.05) is 5.69 Å². The van der Waals surface area contributed by atoms with Gasteiger partial charge in [0.25, 0.3) is 0 Å². The number of nitrogens with one attached hydrogen (secondary N) is 1. The van der Waals surface area contributed by atoms with Crippen molar-refractivity contribution in [1.82, 2.24) is 0 Å². The Bertz CT molecular complexity index is 295. The summed E-state index contributed by atoms with van der Waals surface area (Å²) in [7, 11) is 0. The molecule has 0 atom stereocenters. The van der Waals surface area contributed by atoms with Gasteiger partial charge in [-0.2, -0.15) is 0 Å². The fraction of sp³-hybridized carbons (Fsp3) is 0.111. The lowest BCUT2D eigenvalue weighted by Gasteiger charge is -2.01. The van der Waals surface area contributed by atoms with Crippen LogP contribution in [0.2, 0.25) is 0 Å². The highest BCUT2D eigenvalue weighted by Crippen LogP contribution is 2.15. The fourth-order valence-corrected chi connectivity index (χ4v) is 0.796. The van der Waals surface area contributed by atoms with Crippen molar-refractivity contribution in [2.45, 2.75) is 6.92 Å². The van der Waals surface area contributed by atoms with Crippen molar-refractivity contribution in [1.29, 1.82) is 0 Å². The molecule has 0 spiro atoms. The average molecular weight is 166 g/mol. The van der Waals surface area contributed by atoms with E-state index in [2.05, 4.69) is 5.32 Å². The van der Waals surface area contributed by atoms with Crippen LogP contribution in [0.1, 0.15) is 6.92 Å². The lowest BCUT2D eigenvalue weighted by atomic mass is 10.3. The van der Waals surface area contributed by atoms with E-state index in [1.54, 1.807) is 12.3 Å². The van der Waals surface area contributed by atoms with E-state index in [4.69, 9.17) is 5.73 Å². The van der Waals surface area contributed by atoms with Gasteiger partial charge in [-0.1, -0.05) is 6.08 Å². The first-order chi connectivity index (χ1) is 5.74. The number of benzene rings is 1. The summed E-state index contributed by atoms with van der Waals surface area (Å²) in [5.41, 5.74) is 6.16. The molecule has 0 bridgehead atoms. The second kappa shape index (κ2) is 3.76. The predicted molar refractivity (Wildman–Crippen MR) is 49.2 cm³/mol. The molecule has 12 heavy (non-hydrogen) atoms. The van der Waals surface area contributed by atoms with Gasteiger partial charge >= 0.3 is 0 Å². The molecule has 0 fully saturated rings. The molecule has 0 radical (unpaired) electrons. The van der Waals surface area contributed by atoms with Crippen LogP contribution >= 0.6 is 0 Å². The van der Waals surface area contributed by atoms with Gasteiger partial charge in [0.2, 0.25) is 0 Å². The van der Waals surface area contributed by atoms with Gasteiger partial charge < -0.3 is 11.1 Å². The molecule has 0 aliphatic carbocycles. The van der Waals surface area contributed by atoms with Crippen molar-refractivity contribution in [2.24, 2.45) is 0 Å². The van der Waals surface area contributed by atoms with E-state index in [1.165, 1.54) is 12.1 Å². The van der Waals surface area contributed by atoms with Crippen LogP contribution in [0, 0.1) is 5.82 Å². The van der Waals surface area contributed by atoms with Gasteiger partial charge in [0.15, 0.2) is 0 Å². The average Bonchev–Trinajstić information content (AvgIpc) is 2.07. The third-order valence-corrected chi connectivity index (χ3v) is 1.42. The Balaban J connectivity index is 2.82. The van der Waals surface area contributed by atoms with Gasteiger partial charge in [-0.05, 0) is 31.3 Å². The molecule has 3 N–H and O–H groups in total. The summed E-state index contributed by atoms with van der Waals surface area (Å²) in [6, 6.07) is 4.61. The Morgan fingerprint density at radius 3 is 2.83 bits per heavy atom. The van der Waals surface area contributed by atoms with Crippen molar-refractivity contribution >= 4 is 11.4 Å². The van der Waals surface area contributed by atoms with E-state index in [1.807, 2.05) is 13.0 Å². The van der Waals surface area contributed by atoms with Crippen molar-refractivity contribution in [3.63, 3.8) is 0 Å². The SMILES string of the molecule is C/C=C\Nc1ccc(N)c(F)c1. The number of nitrogen functional groups attached to an aromatic ring is 1. The number of hydrogen-bond acceptors (Lipinski definition) is 2. The first-order valence-electron chi connectivity index (χ1n) is 3.67. The van der Waals surface area contributed by atoms with Gasteiger partial charge in [0.1, 0.15) is 5.82 Å². The second-order valence-electron chi connectivity index (χ2n) is 2.38. The Morgan fingerprint density at radius 2 is 2.25 bits per heavy atom. The molecule has 1 aromatic carbocycles. The molecule has 0 unspecified atom stereocenters. The number of anilines is 2. The topological polar surface area (TPSA) is 38.0 Å². The van der Waals surface area contributed by atoms with Crippen molar-refractivity contribution in [3.8, 4) is 0 Å². The molecule has 0 saturated carbocycles. The summed E-state index contributed by atoms with van der Waals surface area (Å²) in [4.78, 5) is 0. The van der Waals surface area contributed by atoms with Gasteiger partial charge in [0.05, 0.1) is 5.69 Å². The molecule has 1 aromatic rings. The van der Waals surface area contributed by atoms with E-state index in [9.17, 15) is 4.39 Å². The van der Waals surface area contributed by atoms with Gasteiger partial charge in [-0.15, -0.1) is 0 Å². The summed E-state index contributed by atoms with van der Waals surface area (Å²) < 4.78 is 12.8. The van der Waals surface area contributed by atoms with Crippen LogP contribution in [-0.4, -0.2) is 0 Å². The zero-order valence-electron chi connectivity index (χ0n) is 6.84. The van der Waals surface area contributed by atoms with Crippen molar-refractivity contribution in [3.05, 3.63) is 36.3 Å². The molecular weight excluding hydrogens is 155 g/mol. The van der Waals surface area contributed by atoms with Crippen LogP contribution in [-0.2, 0) is 0 Å². The van der Waals surface area contributed by atoms with E-state index in [-0.39, 0.29) is 5.69 Å². The van der Waals surface area contributed by atoms with Crippen LogP contribution in [0.15, 0.2) is 30.5 Å². The van der Waals surface area contributed by atoms with Crippen LogP contribution in [0.4, 0.5) is 15.8 Å². The van der Waals surface area contributed by atoms with E-state index >= 15 is 0 Å². The normalized spacial score (nSPS) is 10.5. The van der Waals surface area contributed by atoms with E-state index < -0.39 is 5.82 Å². The molecule has 0 aromatic heterocycles. The van der Waals surface area contributed by atoms with Crippen molar-refractivity contribution in [2.75, 3.05) is 11.1 Å². The zero-order chi connectivity index (χ0) is 8.97. The largest absolute Gasteiger partial charge is 0.396 e. The lowest BCUT2D eigenvalue weighted by molar-refractivity contribution is 0.633. The first-order valence-corrected chi connectivity index (χ1v) is 3.67. The van der Waals surface area contributed by atoms with Crippen LogP contribution < -0.4 is 11.1 Å². The highest BCUT2D eigenvalue weighted by atomic mass is 19.1. The third kappa shape index (κ3) is 1.99. The molecule has 0 heterocycles. The van der Waals surface area contributed by atoms with Gasteiger partial charge in [-0.3, -0.25) is 0 Å². The Hall–Kier alpha value is -1.51. The Kier molecular flexibility index (Phi) is 2.69. The molecule has 64 valence electrons. The summed E-state index contributed by atoms with van der Waals surface area (Å²) in [5, 5.41) is 2.89. The number of hydrogen-bond donors (Lipinski definition) is 2. The van der Waals surface area contributed by atoms with E-state index in [0.29, 0.717) is 5.69 Å². The summed E-state index contributed by atoms with van der Waals surface area (Å²) in [6.07, 6.45) is 3.55. The summed E-state index contributed by atoms with van der Waals surface area (Å²) in [5.74, 6) is -0.399. The molecular formula is C9H11FN2. The molecule has 0 aliphatic heterocycles. The Morgan fingerprint density at radius 1 is 1.50 bits per heavy atom. The second-order valence-corrected chi connectivity index (χ2v) is 2.38. The smallest absolute Gasteiger partial charge is 0.148 e. The standard InChI is InChI=1S/C9H11FN2/c1-2-5-12-7-3-4-9(11)8(10)6-7/h2-6,12H,11H2,1H3/b5-2-. The highest BCUT2D eigenvalue weighted by Gasteiger charge is 1.97. The predicted octanol–water partition coefficient (Wildman–Crippen LogP) is 2.35. The number of rotatable bonds is 2. The fourth-order valence-electron chi connectivity index (χ4n) is 0.796. The quantitative estimate of drug-likeness (QED) is 0.662. The molecule has 0 saturated heterocycles. The molecule has 3 heteroatoms. The monoisotopic (exact) mass is 166 g/mol. The van der Waals surface area contributed by atoms with Crippen LogP contribution in [0.25, 0.3) is 0 Å². The maximum absolute atomic E-state index is 12.8. The minimum absolute atomic E-state index is 0.168. The third-order valence-electron chi connectivity index (χ3n) is 1.42. The maximum Gasteiger partial charge on any atom is 0.148 e. The van der Waals surface area contributed by atoms with Crippen LogP contribution in [0.5, 0.6) is 0 Å². The summed E-state index contributed by atoms with van der Waals surface area (Å²) >= 11 is 0. The molecule has 0 aliphatic rings. The number of allylic oxidation sites excluding steroid dienone is 1. The molecule has 0 amide bonds. The molecule has 1 rings (SSSR count). The minimum Gasteiger partial charge on any atom is -0.396 e.